The molecule has 0 aromatic heterocycles. The normalized spacial score (nSPS) is 12.7. The number of quaternary nitrogens is 1. The fourth-order valence-electron chi connectivity index (χ4n) is 0.789. The van der Waals surface area contributed by atoms with Crippen molar-refractivity contribution in [3.63, 3.8) is 0 Å². The molecule has 9 heavy (non-hydrogen) atoms. The van der Waals surface area contributed by atoms with E-state index in [0.29, 0.717) is 0 Å². The van der Waals surface area contributed by atoms with Crippen molar-refractivity contribution in [2.45, 2.75) is 13.8 Å². The highest BCUT2D eigenvalue weighted by Gasteiger charge is 2.18. The van der Waals surface area contributed by atoms with Gasteiger partial charge in [0, 0.05) is 14.1 Å². The molecule has 0 aliphatic heterocycles. The molecule has 0 unspecified atom stereocenters. The van der Waals surface area contributed by atoms with E-state index in [9.17, 15) is 0 Å². The second kappa shape index (κ2) is 3.18. The molecule has 0 heterocycles. The van der Waals surface area contributed by atoms with Crippen LogP contribution in [-0.2, 0) is 0 Å². The van der Waals surface area contributed by atoms with Crippen molar-refractivity contribution in [2.75, 3.05) is 34.2 Å². The fraction of sp³-hybridized carbons (Fsp3) is 1.00. The van der Waals surface area contributed by atoms with Crippen LogP contribution in [0.2, 0.25) is 0 Å². The first kappa shape index (κ1) is 8.92. The average molecular weight is 131 g/mol. The molecule has 0 radical (unpaired) electrons. The van der Waals surface area contributed by atoms with E-state index in [0.717, 1.165) is 4.59 Å². The zero-order chi connectivity index (χ0) is 7.49. The van der Waals surface area contributed by atoms with E-state index in [-0.39, 0.29) is 0 Å². The Kier molecular flexibility index (Phi) is 3.15. The molecule has 0 aliphatic rings. The van der Waals surface area contributed by atoms with Crippen molar-refractivity contribution >= 4 is 0 Å². The van der Waals surface area contributed by atoms with Crippen LogP contribution in [0.5, 0.6) is 0 Å². The smallest absolute Gasteiger partial charge is 0.0933 e. The first-order valence-electron chi connectivity index (χ1n) is 3.59. The topological polar surface area (TPSA) is 3.24 Å². The molecule has 0 spiro atoms. The lowest BCUT2D eigenvalue weighted by Gasteiger charge is -2.36. The van der Waals surface area contributed by atoms with Gasteiger partial charge in [-0.2, -0.15) is 5.01 Å². The van der Waals surface area contributed by atoms with Crippen LogP contribution >= 0.6 is 0 Å². The minimum Gasteiger partial charge on any atom is -0.247 e. The maximum atomic E-state index is 2.24. The van der Waals surface area contributed by atoms with Gasteiger partial charge in [0.05, 0.1) is 20.1 Å². The van der Waals surface area contributed by atoms with Gasteiger partial charge in [-0.15, -0.1) is 0 Å². The van der Waals surface area contributed by atoms with Crippen LogP contribution in [-0.4, -0.2) is 43.8 Å². The van der Waals surface area contributed by atoms with E-state index >= 15 is 0 Å². The van der Waals surface area contributed by atoms with E-state index < -0.39 is 0 Å². The third-order valence-electron chi connectivity index (χ3n) is 2.33. The third kappa shape index (κ3) is 1.95. The van der Waals surface area contributed by atoms with Gasteiger partial charge in [-0.1, -0.05) is 0 Å². The van der Waals surface area contributed by atoms with Crippen LogP contribution in [0.1, 0.15) is 13.8 Å². The maximum absolute atomic E-state index is 2.24. The molecule has 56 valence electrons. The summed E-state index contributed by atoms with van der Waals surface area (Å²) in [5, 5.41) is 2.24. The van der Waals surface area contributed by atoms with Gasteiger partial charge in [0.1, 0.15) is 0 Å². The molecule has 0 saturated heterocycles. The highest BCUT2D eigenvalue weighted by atomic mass is 15.7. The molecule has 0 aromatic rings. The second-order valence-electron chi connectivity index (χ2n) is 2.82. The van der Waals surface area contributed by atoms with Gasteiger partial charge >= 0.3 is 0 Å². The summed E-state index contributed by atoms with van der Waals surface area (Å²) in [7, 11) is 6.47. The number of nitrogens with zero attached hydrogens (tertiary/aromatic N) is 2. The first-order valence-corrected chi connectivity index (χ1v) is 3.59. The van der Waals surface area contributed by atoms with Crippen LogP contribution < -0.4 is 0 Å². The van der Waals surface area contributed by atoms with E-state index in [2.05, 4.69) is 40.0 Å². The Morgan fingerprint density at radius 3 is 1.44 bits per heavy atom. The highest BCUT2D eigenvalue weighted by Crippen LogP contribution is 2.01. The summed E-state index contributed by atoms with van der Waals surface area (Å²) in [5.41, 5.74) is 0. The van der Waals surface area contributed by atoms with Gasteiger partial charge in [-0.3, -0.25) is 0 Å². The van der Waals surface area contributed by atoms with E-state index in [1.807, 2.05) is 0 Å². The van der Waals surface area contributed by atoms with Gasteiger partial charge in [0.15, 0.2) is 0 Å². The minimum absolute atomic E-state index is 1.03. The summed E-state index contributed by atoms with van der Waals surface area (Å²) < 4.78 is 1.03. The summed E-state index contributed by atoms with van der Waals surface area (Å²) in [5.74, 6) is 0. The molecule has 0 aromatic carbocycles. The third-order valence-corrected chi connectivity index (χ3v) is 2.33. The van der Waals surface area contributed by atoms with Crippen LogP contribution in [0.25, 0.3) is 0 Å². The maximum Gasteiger partial charge on any atom is 0.0933 e. The van der Waals surface area contributed by atoms with Gasteiger partial charge in [-0.05, 0) is 13.8 Å². The lowest BCUT2D eigenvalue weighted by Crippen LogP contribution is -2.53. The predicted octanol–water partition coefficient (Wildman–Crippen LogP) is 0.949. The molecule has 0 fully saturated rings. The standard InChI is InChI=1S/C7H19N2/c1-6-9(5,7-2)8(3)4/h6-7H2,1-5H3/q+1. The Morgan fingerprint density at radius 1 is 1.11 bits per heavy atom. The predicted molar refractivity (Wildman–Crippen MR) is 41.0 cm³/mol. The largest absolute Gasteiger partial charge is 0.247 e. The molecule has 0 atom stereocenters. The van der Waals surface area contributed by atoms with Crippen LogP contribution in [0.3, 0.4) is 0 Å². The van der Waals surface area contributed by atoms with Crippen molar-refractivity contribution in [1.82, 2.24) is 5.01 Å². The lowest BCUT2D eigenvalue weighted by molar-refractivity contribution is -1.01. The molecule has 2 heteroatoms. The van der Waals surface area contributed by atoms with E-state index in [1.165, 1.54) is 13.1 Å². The summed E-state index contributed by atoms with van der Waals surface area (Å²) in [6.45, 7) is 6.76. The van der Waals surface area contributed by atoms with Gasteiger partial charge in [0.25, 0.3) is 0 Å². The average Bonchev–Trinajstić information content (AvgIpc) is 1.86. The lowest BCUT2D eigenvalue weighted by atomic mass is 10.5. The number of hydrogen-bond acceptors (Lipinski definition) is 1. The number of rotatable bonds is 3. The Bertz CT molecular complexity index is 75.0. The monoisotopic (exact) mass is 131 g/mol. The van der Waals surface area contributed by atoms with Gasteiger partial charge in [-0.25, -0.2) is 4.59 Å². The van der Waals surface area contributed by atoms with Crippen LogP contribution in [0.15, 0.2) is 0 Å². The molecule has 0 rings (SSSR count). The molecule has 2 nitrogen and oxygen atoms in total. The van der Waals surface area contributed by atoms with E-state index in [4.69, 9.17) is 0 Å². The Morgan fingerprint density at radius 2 is 1.44 bits per heavy atom. The summed E-state index contributed by atoms with van der Waals surface area (Å²) in [6.07, 6.45) is 0. The Labute approximate surface area is 58.6 Å². The van der Waals surface area contributed by atoms with E-state index in [1.54, 1.807) is 0 Å². The molecule has 0 amide bonds. The van der Waals surface area contributed by atoms with Crippen LogP contribution in [0.4, 0.5) is 0 Å². The minimum atomic E-state index is 1.03. The van der Waals surface area contributed by atoms with Crippen molar-refractivity contribution in [3.05, 3.63) is 0 Å². The highest BCUT2D eigenvalue weighted by molar-refractivity contribution is 4.22. The number of hydrogen-bond donors (Lipinski definition) is 0. The molecular weight excluding hydrogens is 112 g/mol. The summed E-state index contributed by atoms with van der Waals surface area (Å²) >= 11 is 0. The van der Waals surface area contributed by atoms with Crippen molar-refractivity contribution in [1.29, 1.82) is 0 Å². The van der Waals surface area contributed by atoms with Crippen LogP contribution in [0, 0.1) is 0 Å². The molecule has 0 N–H and O–H groups in total. The first-order chi connectivity index (χ1) is 4.06. The second-order valence-corrected chi connectivity index (χ2v) is 2.82. The summed E-state index contributed by atoms with van der Waals surface area (Å²) in [4.78, 5) is 0. The zero-order valence-electron chi connectivity index (χ0n) is 7.31. The molecular formula is C7H19N2+. The zero-order valence-corrected chi connectivity index (χ0v) is 7.31. The quantitative estimate of drug-likeness (QED) is 0.407. The van der Waals surface area contributed by atoms with Crippen molar-refractivity contribution < 1.29 is 4.59 Å². The van der Waals surface area contributed by atoms with Gasteiger partial charge < -0.3 is 0 Å². The molecule has 0 saturated carbocycles. The molecule has 0 aliphatic carbocycles. The van der Waals surface area contributed by atoms with Gasteiger partial charge in [0.2, 0.25) is 0 Å². The van der Waals surface area contributed by atoms with Crippen molar-refractivity contribution in [3.8, 4) is 0 Å². The Hall–Kier alpha value is -0.0800. The fourth-order valence-corrected chi connectivity index (χ4v) is 0.789. The Balaban J connectivity index is 3.92. The van der Waals surface area contributed by atoms with Crippen molar-refractivity contribution in [2.24, 2.45) is 0 Å². The SMILES string of the molecule is CC[N+](C)(CC)N(C)C. The summed E-state index contributed by atoms with van der Waals surface area (Å²) in [6, 6.07) is 0. The molecule has 0 bridgehead atoms.